The van der Waals surface area contributed by atoms with Crippen LogP contribution >= 0.6 is 0 Å². The number of amides is 2. The van der Waals surface area contributed by atoms with Crippen LogP contribution in [0.25, 0.3) is 11.3 Å². The van der Waals surface area contributed by atoms with Crippen LogP contribution in [0.4, 0.5) is 22.2 Å². The summed E-state index contributed by atoms with van der Waals surface area (Å²) in [5, 5.41) is 3.28. The highest BCUT2D eigenvalue weighted by Crippen LogP contribution is 2.22. The molecule has 4 rings (SSSR count). The highest BCUT2D eigenvalue weighted by atomic mass is 16.6. The van der Waals surface area contributed by atoms with Gasteiger partial charge >= 0.3 is 12.1 Å². The van der Waals surface area contributed by atoms with Gasteiger partial charge in [0.2, 0.25) is 11.9 Å². The number of ether oxygens (including phenoxy) is 2. The number of esters is 1. The molecule has 0 aliphatic carbocycles. The summed E-state index contributed by atoms with van der Waals surface area (Å²) < 4.78 is 10.1. The smallest absolute Gasteiger partial charge is 0.410 e. The second-order valence-electron chi connectivity index (χ2n) is 12.3. The standard InChI is InChI=1S/C33H44N8O5/c1-33(2,3)46-32(44)39(5)16-8-15-38(4)28-12-11-25(20-35-28)27-13-14-34-31(37-27)36-26-10-7-9-24(19-26)21-40-17-18-41(29(42)22-40)23-30(43)45-6/h7,9-14,19-20H,8,15-18,21-23H2,1-6H3,(H,34,36,37). The number of rotatable bonds is 12. The van der Waals surface area contributed by atoms with Gasteiger partial charge in [-0.15, -0.1) is 0 Å². The van der Waals surface area contributed by atoms with E-state index in [0.717, 1.165) is 41.3 Å². The number of carbonyl (C=O) groups is 3. The number of nitrogens with zero attached hydrogens (tertiary/aromatic N) is 7. The Balaban J connectivity index is 1.29. The molecular formula is C33H44N8O5. The number of benzene rings is 1. The molecule has 1 saturated heterocycles. The summed E-state index contributed by atoms with van der Waals surface area (Å²) in [5.41, 5.74) is 2.94. The van der Waals surface area contributed by atoms with Gasteiger partial charge in [-0.05, 0) is 63.1 Å². The molecule has 0 radical (unpaired) electrons. The number of carbonyl (C=O) groups excluding carboxylic acids is 3. The SMILES string of the molecule is COC(=O)CN1CCN(Cc2cccc(Nc3nccc(-c4ccc(N(C)CCCN(C)C(=O)OC(C)(C)C)nc4)n3)c2)CC1=O. The van der Waals surface area contributed by atoms with Crippen LogP contribution in [0.2, 0.25) is 0 Å². The van der Waals surface area contributed by atoms with Crippen molar-refractivity contribution in [2.75, 3.05) is 70.7 Å². The van der Waals surface area contributed by atoms with Crippen LogP contribution in [0.15, 0.2) is 54.9 Å². The largest absolute Gasteiger partial charge is 0.468 e. The van der Waals surface area contributed by atoms with Gasteiger partial charge in [-0.3, -0.25) is 14.5 Å². The van der Waals surface area contributed by atoms with Gasteiger partial charge in [0.05, 0.1) is 19.3 Å². The number of hydrogen-bond acceptors (Lipinski definition) is 11. The van der Waals surface area contributed by atoms with Gasteiger partial charge in [-0.25, -0.2) is 19.7 Å². The van der Waals surface area contributed by atoms with Gasteiger partial charge in [0.1, 0.15) is 18.0 Å². The zero-order chi connectivity index (χ0) is 33.3. The van der Waals surface area contributed by atoms with Crippen molar-refractivity contribution in [2.24, 2.45) is 0 Å². The number of methoxy groups -OCH3 is 1. The molecule has 1 aliphatic heterocycles. The summed E-state index contributed by atoms with van der Waals surface area (Å²) in [7, 11) is 5.03. The first-order valence-corrected chi connectivity index (χ1v) is 15.3. The average Bonchev–Trinajstić information content (AvgIpc) is 3.01. The van der Waals surface area contributed by atoms with Gasteiger partial charge < -0.3 is 29.5 Å². The Bertz CT molecular complexity index is 1490. The average molecular weight is 633 g/mol. The topological polar surface area (TPSA) is 133 Å². The van der Waals surface area contributed by atoms with E-state index < -0.39 is 11.6 Å². The quantitative estimate of drug-likeness (QED) is 0.293. The number of pyridine rings is 1. The van der Waals surface area contributed by atoms with E-state index >= 15 is 0 Å². The van der Waals surface area contributed by atoms with Crippen LogP contribution in [-0.4, -0.2) is 114 Å². The summed E-state index contributed by atoms with van der Waals surface area (Å²) >= 11 is 0. The predicted molar refractivity (Wildman–Crippen MR) is 176 cm³/mol. The van der Waals surface area contributed by atoms with Gasteiger partial charge in [0.15, 0.2) is 0 Å². The van der Waals surface area contributed by atoms with Crippen LogP contribution in [0.5, 0.6) is 0 Å². The van der Waals surface area contributed by atoms with E-state index in [2.05, 4.69) is 24.9 Å². The fourth-order valence-corrected chi connectivity index (χ4v) is 4.85. The third kappa shape index (κ3) is 10.1. The molecule has 246 valence electrons. The fourth-order valence-electron chi connectivity index (χ4n) is 4.85. The van der Waals surface area contributed by atoms with Crippen LogP contribution in [0, 0.1) is 0 Å². The summed E-state index contributed by atoms with van der Waals surface area (Å²) in [6.45, 7) is 8.83. The van der Waals surface area contributed by atoms with Gasteiger partial charge in [0.25, 0.3) is 0 Å². The molecule has 0 bridgehead atoms. The Hall–Kier alpha value is -4.78. The third-order valence-electron chi connectivity index (χ3n) is 7.32. The summed E-state index contributed by atoms with van der Waals surface area (Å²) in [6.07, 6.45) is 3.93. The minimum Gasteiger partial charge on any atom is -0.468 e. The van der Waals surface area contributed by atoms with E-state index in [1.807, 2.05) is 75.2 Å². The van der Waals surface area contributed by atoms with Crippen molar-refractivity contribution in [1.29, 1.82) is 0 Å². The van der Waals surface area contributed by atoms with Crippen molar-refractivity contribution >= 4 is 35.4 Å². The summed E-state index contributed by atoms with van der Waals surface area (Å²) in [4.78, 5) is 57.2. The summed E-state index contributed by atoms with van der Waals surface area (Å²) in [5.74, 6) is 0.769. The molecule has 0 saturated carbocycles. The molecule has 1 aliphatic rings. The molecule has 13 heteroatoms. The van der Waals surface area contributed by atoms with E-state index in [-0.39, 0.29) is 25.1 Å². The first kappa shape index (κ1) is 34.1. The van der Waals surface area contributed by atoms with Crippen molar-refractivity contribution in [3.63, 3.8) is 0 Å². The molecule has 2 aromatic heterocycles. The Kier molecular flexibility index (Phi) is 11.5. The van der Waals surface area contributed by atoms with Gasteiger partial charge in [0, 0.05) is 70.5 Å². The Morgan fingerprint density at radius 3 is 2.54 bits per heavy atom. The van der Waals surface area contributed by atoms with Crippen LogP contribution in [-0.2, 0) is 25.6 Å². The first-order valence-electron chi connectivity index (χ1n) is 15.3. The van der Waals surface area contributed by atoms with Crippen LogP contribution in [0.3, 0.4) is 0 Å². The number of anilines is 3. The number of nitrogens with one attached hydrogen (secondary N) is 1. The lowest BCUT2D eigenvalue weighted by molar-refractivity contribution is -0.149. The maximum atomic E-state index is 12.5. The van der Waals surface area contributed by atoms with Crippen molar-refractivity contribution in [2.45, 2.75) is 39.3 Å². The monoisotopic (exact) mass is 632 g/mol. The van der Waals surface area contributed by atoms with E-state index in [4.69, 9.17) is 9.72 Å². The molecule has 3 aromatic rings. The van der Waals surface area contributed by atoms with Gasteiger partial charge in [-0.1, -0.05) is 12.1 Å². The van der Waals surface area contributed by atoms with Crippen LogP contribution in [0.1, 0.15) is 32.8 Å². The molecule has 46 heavy (non-hydrogen) atoms. The molecule has 1 fully saturated rings. The predicted octanol–water partition coefficient (Wildman–Crippen LogP) is 3.79. The maximum Gasteiger partial charge on any atom is 0.410 e. The van der Waals surface area contributed by atoms with E-state index in [1.54, 1.807) is 24.3 Å². The van der Waals surface area contributed by atoms with Gasteiger partial charge in [-0.2, -0.15) is 0 Å². The van der Waals surface area contributed by atoms with E-state index in [9.17, 15) is 14.4 Å². The maximum absolute atomic E-state index is 12.5. The van der Waals surface area contributed by atoms with Crippen molar-refractivity contribution in [1.82, 2.24) is 29.7 Å². The molecule has 3 heterocycles. The molecule has 13 nitrogen and oxygen atoms in total. The fraction of sp³-hybridized carbons (Fsp3) is 0.455. The zero-order valence-corrected chi connectivity index (χ0v) is 27.5. The Labute approximate surface area is 270 Å². The third-order valence-corrected chi connectivity index (χ3v) is 7.32. The highest BCUT2D eigenvalue weighted by Gasteiger charge is 2.26. The molecule has 0 atom stereocenters. The lowest BCUT2D eigenvalue weighted by Gasteiger charge is -2.33. The number of hydrogen-bond donors (Lipinski definition) is 1. The summed E-state index contributed by atoms with van der Waals surface area (Å²) in [6, 6.07) is 13.7. The minimum atomic E-state index is -0.518. The highest BCUT2D eigenvalue weighted by molar-refractivity contribution is 5.83. The number of aromatic nitrogens is 3. The molecule has 1 aromatic carbocycles. The lowest BCUT2D eigenvalue weighted by atomic mass is 10.1. The molecule has 0 unspecified atom stereocenters. The van der Waals surface area contributed by atoms with Crippen molar-refractivity contribution in [3.8, 4) is 11.3 Å². The number of piperazine rings is 1. The lowest BCUT2D eigenvalue weighted by Crippen LogP contribution is -2.51. The Morgan fingerprint density at radius 1 is 1.04 bits per heavy atom. The van der Waals surface area contributed by atoms with E-state index in [1.165, 1.54) is 12.0 Å². The minimum absolute atomic E-state index is 0.0182. The van der Waals surface area contributed by atoms with E-state index in [0.29, 0.717) is 32.1 Å². The molecule has 2 amide bonds. The van der Waals surface area contributed by atoms with Crippen molar-refractivity contribution in [3.05, 3.63) is 60.4 Å². The Morgan fingerprint density at radius 2 is 1.85 bits per heavy atom. The second-order valence-corrected chi connectivity index (χ2v) is 12.3. The van der Waals surface area contributed by atoms with Crippen molar-refractivity contribution < 1.29 is 23.9 Å². The molecule has 0 spiro atoms. The molecule has 1 N–H and O–H groups in total. The normalized spacial score (nSPS) is 13.7. The first-order chi connectivity index (χ1) is 21.9. The zero-order valence-electron chi connectivity index (χ0n) is 27.5. The molecular weight excluding hydrogens is 588 g/mol. The second kappa shape index (κ2) is 15.5. The van der Waals surface area contributed by atoms with Crippen LogP contribution < -0.4 is 10.2 Å².